The Morgan fingerprint density at radius 1 is 1.18 bits per heavy atom. The molecule has 0 amide bonds. The minimum absolute atomic E-state index is 0.199. The van der Waals surface area contributed by atoms with E-state index >= 15 is 0 Å². The summed E-state index contributed by atoms with van der Waals surface area (Å²) in [6.07, 6.45) is 3.61. The standard InChI is InChI=1S/C12H17BFNO2/c14-12-8-11(13(16)17)5-4-10(12)9-15-6-2-1-3-7-15/h4-5,8,16-17H,1-3,6-7,9H2. The van der Waals surface area contributed by atoms with E-state index in [1.54, 1.807) is 12.1 Å². The van der Waals surface area contributed by atoms with Gasteiger partial charge in [-0.05, 0) is 37.5 Å². The molecule has 17 heavy (non-hydrogen) atoms. The van der Waals surface area contributed by atoms with Crippen molar-refractivity contribution in [1.29, 1.82) is 0 Å². The van der Waals surface area contributed by atoms with Gasteiger partial charge in [0.05, 0.1) is 0 Å². The summed E-state index contributed by atoms with van der Waals surface area (Å²) in [5.41, 5.74) is 0.821. The molecule has 0 unspecified atom stereocenters. The number of piperidine rings is 1. The highest BCUT2D eigenvalue weighted by Crippen LogP contribution is 2.14. The molecule has 1 aliphatic rings. The normalized spacial score (nSPS) is 17.1. The Kier molecular flexibility index (Phi) is 4.15. The summed E-state index contributed by atoms with van der Waals surface area (Å²) in [4.78, 5) is 2.23. The van der Waals surface area contributed by atoms with Crippen LogP contribution >= 0.6 is 0 Å². The second-order valence-electron chi connectivity index (χ2n) is 4.56. The maximum Gasteiger partial charge on any atom is 0.488 e. The minimum Gasteiger partial charge on any atom is -0.423 e. The predicted molar refractivity (Wildman–Crippen MR) is 65.4 cm³/mol. The van der Waals surface area contributed by atoms with Crippen LogP contribution in [0.5, 0.6) is 0 Å². The first-order chi connectivity index (χ1) is 8.16. The smallest absolute Gasteiger partial charge is 0.423 e. The van der Waals surface area contributed by atoms with Crippen LogP contribution in [-0.4, -0.2) is 35.2 Å². The number of hydrogen-bond donors (Lipinski definition) is 2. The molecule has 0 bridgehead atoms. The third kappa shape index (κ3) is 3.28. The summed E-state index contributed by atoms with van der Waals surface area (Å²) in [6, 6.07) is 4.40. The zero-order valence-electron chi connectivity index (χ0n) is 9.77. The SMILES string of the molecule is OB(O)c1ccc(CN2CCCCC2)c(F)c1. The molecular formula is C12H17BFNO2. The molecule has 1 aromatic carbocycles. The fourth-order valence-electron chi connectivity index (χ4n) is 2.21. The van der Waals surface area contributed by atoms with Crippen LogP contribution in [0.3, 0.4) is 0 Å². The van der Waals surface area contributed by atoms with Crippen LogP contribution in [0.4, 0.5) is 4.39 Å². The van der Waals surface area contributed by atoms with Gasteiger partial charge in [-0.1, -0.05) is 18.6 Å². The Labute approximate surface area is 101 Å². The van der Waals surface area contributed by atoms with Crippen molar-refractivity contribution in [2.75, 3.05) is 13.1 Å². The van der Waals surface area contributed by atoms with E-state index < -0.39 is 7.12 Å². The van der Waals surface area contributed by atoms with Crippen LogP contribution in [-0.2, 0) is 6.54 Å². The van der Waals surface area contributed by atoms with Gasteiger partial charge in [-0.15, -0.1) is 0 Å². The van der Waals surface area contributed by atoms with Crippen molar-refractivity contribution in [3.05, 3.63) is 29.6 Å². The lowest BCUT2D eigenvalue weighted by Crippen LogP contribution is -2.32. The van der Waals surface area contributed by atoms with Crippen molar-refractivity contribution in [3.8, 4) is 0 Å². The monoisotopic (exact) mass is 237 g/mol. The van der Waals surface area contributed by atoms with Gasteiger partial charge in [-0.2, -0.15) is 0 Å². The molecule has 0 aromatic heterocycles. The van der Waals surface area contributed by atoms with Gasteiger partial charge in [0.15, 0.2) is 0 Å². The molecule has 0 spiro atoms. The van der Waals surface area contributed by atoms with E-state index in [0.29, 0.717) is 12.1 Å². The van der Waals surface area contributed by atoms with E-state index in [1.165, 1.54) is 25.3 Å². The van der Waals surface area contributed by atoms with Crippen molar-refractivity contribution < 1.29 is 14.4 Å². The highest BCUT2D eigenvalue weighted by atomic mass is 19.1. The van der Waals surface area contributed by atoms with Crippen molar-refractivity contribution in [3.63, 3.8) is 0 Å². The summed E-state index contributed by atoms with van der Waals surface area (Å²) in [7, 11) is -1.60. The molecule has 0 atom stereocenters. The second-order valence-corrected chi connectivity index (χ2v) is 4.56. The number of hydrogen-bond acceptors (Lipinski definition) is 3. The summed E-state index contributed by atoms with van der Waals surface area (Å²) in [5.74, 6) is -0.360. The number of nitrogens with zero attached hydrogens (tertiary/aromatic N) is 1. The van der Waals surface area contributed by atoms with Crippen LogP contribution in [0, 0.1) is 5.82 Å². The zero-order chi connectivity index (χ0) is 12.3. The first-order valence-electron chi connectivity index (χ1n) is 6.03. The molecule has 0 radical (unpaired) electrons. The number of benzene rings is 1. The molecule has 5 heteroatoms. The van der Waals surface area contributed by atoms with Gasteiger partial charge in [0, 0.05) is 12.1 Å². The van der Waals surface area contributed by atoms with Crippen molar-refractivity contribution in [2.24, 2.45) is 0 Å². The third-order valence-corrected chi connectivity index (χ3v) is 3.22. The molecule has 1 fully saturated rings. The molecular weight excluding hydrogens is 220 g/mol. The topological polar surface area (TPSA) is 43.7 Å². The van der Waals surface area contributed by atoms with Crippen molar-refractivity contribution in [2.45, 2.75) is 25.8 Å². The Bertz CT molecular complexity index is 381. The largest absolute Gasteiger partial charge is 0.488 e. The summed E-state index contributed by atoms with van der Waals surface area (Å²) < 4.78 is 13.7. The van der Waals surface area contributed by atoms with E-state index in [0.717, 1.165) is 13.1 Å². The molecule has 2 rings (SSSR count). The lowest BCUT2D eigenvalue weighted by atomic mass is 9.80. The summed E-state index contributed by atoms with van der Waals surface area (Å²) in [6.45, 7) is 2.64. The average Bonchev–Trinajstić information content (AvgIpc) is 2.33. The lowest BCUT2D eigenvalue weighted by molar-refractivity contribution is 0.218. The van der Waals surface area contributed by atoms with Gasteiger partial charge in [0.1, 0.15) is 5.82 Å². The van der Waals surface area contributed by atoms with Crippen LogP contribution < -0.4 is 5.46 Å². The predicted octanol–water partition coefficient (Wildman–Crippen LogP) is 0.491. The minimum atomic E-state index is -1.60. The number of halogens is 1. The molecule has 2 N–H and O–H groups in total. The maximum absolute atomic E-state index is 13.7. The van der Waals surface area contributed by atoms with Gasteiger partial charge < -0.3 is 10.0 Å². The molecule has 1 heterocycles. The molecule has 0 saturated carbocycles. The fourth-order valence-corrected chi connectivity index (χ4v) is 2.21. The van der Waals surface area contributed by atoms with E-state index in [2.05, 4.69) is 4.90 Å². The Morgan fingerprint density at radius 2 is 1.88 bits per heavy atom. The summed E-state index contributed by atoms with van der Waals surface area (Å²) >= 11 is 0. The first kappa shape index (κ1) is 12.5. The highest BCUT2D eigenvalue weighted by molar-refractivity contribution is 6.58. The molecule has 92 valence electrons. The third-order valence-electron chi connectivity index (χ3n) is 3.22. The molecule has 0 aliphatic carbocycles. The molecule has 1 saturated heterocycles. The molecule has 1 aliphatic heterocycles. The Morgan fingerprint density at radius 3 is 2.47 bits per heavy atom. The van der Waals surface area contributed by atoms with Crippen LogP contribution in [0.15, 0.2) is 18.2 Å². The Hall–Kier alpha value is -0.905. The van der Waals surface area contributed by atoms with Crippen molar-refractivity contribution >= 4 is 12.6 Å². The quantitative estimate of drug-likeness (QED) is 0.752. The van der Waals surface area contributed by atoms with Crippen LogP contribution in [0.25, 0.3) is 0 Å². The van der Waals surface area contributed by atoms with Gasteiger partial charge in [0.2, 0.25) is 0 Å². The van der Waals surface area contributed by atoms with Gasteiger partial charge in [0.25, 0.3) is 0 Å². The van der Waals surface area contributed by atoms with Crippen molar-refractivity contribution in [1.82, 2.24) is 4.90 Å². The van der Waals surface area contributed by atoms with Crippen LogP contribution in [0.1, 0.15) is 24.8 Å². The lowest BCUT2D eigenvalue weighted by Gasteiger charge is -2.26. The molecule has 3 nitrogen and oxygen atoms in total. The fraction of sp³-hybridized carbons (Fsp3) is 0.500. The van der Waals surface area contributed by atoms with E-state index in [4.69, 9.17) is 10.0 Å². The average molecular weight is 237 g/mol. The first-order valence-corrected chi connectivity index (χ1v) is 6.03. The van der Waals surface area contributed by atoms with E-state index in [-0.39, 0.29) is 11.3 Å². The van der Waals surface area contributed by atoms with E-state index in [9.17, 15) is 4.39 Å². The Balaban J connectivity index is 2.05. The number of rotatable bonds is 3. The molecule has 1 aromatic rings. The maximum atomic E-state index is 13.7. The zero-order valence-corrected chi connectivity index (χ0v) is 9.77. The highest BCUT2D eigenvalue weighted by Gasteiger charge is 2.16. The number of likely N-dealkylation sites (tertiary alicyclic amines) is 1. The second kappa shape index (κ2) is 5.62. The van der Waals surface area contributed by atoms with Gasteiger partial charge in [-0.3, -0.25) is 4.90 Å². The van der Waals surface area contributed by atoms with Crippen LogP contribution in [0.2, 0.25) is 0 Å². The summed E-state index contributed by atoms with van der Waals surface area (Å²) in [5, 5.41) is 17.9. The van der Waals surface area contributed by atoms with Gasteiger partial charge >= 0.3 is 7.12 Å². The van der Waals surface area contributed by atoms with Gasteiger partial charge in [-0.25, -0.2) is 4.39 Å². The van der Waals surface area contributed by atoms with E-state index in [1.807, 2.05) is 0 Å².